The molecule has 3 nitrogen and oxygen atoms in total. The molecule has 1 aromatic rings. The summed E-state index contributed by atoms with van der Waals surface area (Å²) < 4.78 is 0. The third-order valence-corrected chi connectivity index (χ3v) is 3.05. The smallest absolute Gasteiger partial charge is 0.148 e. The Balaban J connectivity index is 3.00. The van der Waals surface area contributed by atoms with Gasteiger partial charge in [0, 0.05) is 17.2 Å². The second-order valence-electron chi connectivity index (χ2n) is 4.51. The van der Waals surface area contributed by atoms with Crippen molar-refractivity contribution in [3.63, 3.8) is 0 Å². The lowest BCUT2D eigenvalue weighted by atomic mass is 9.87. The minimum absolute atomic E-state index is 0.552. The van der Waals surface area contributed by atoms with Gasteiger partial charge in [0.05, 0.1) is 0 Å². The van der Waals surface area contributed by atoms with E-state index < -0.39 is 0 Å². The van der Waals surface area contributed by atoms with Crippen molar-refractivity contribution >= 4 is 5.82 Å². The highest BCUT2D eigenvalue weighted by molar-refractivity contribution is 5.43. The molecular formula is C12H23N3. The molecule has 86 valence electrons. The summed E-state index contributed by atoms with van der Waals surface area (Å²) in [6, 6.07) is 0. The van der Waals surface area contributed by atoms with Crippen LogP contribution in [0.15, 0.2) is 0 Å². The maximum Gasteiger partial charge on any atom is 0.148 e. The Bertz CT molecular complexity index is 302. The molecule has 1 rings (SSSR count). The summed E-state index contributed by atoms with van der Waals surface area (Å²) in [5, 5.41) is 7.26. The predicted octanol–water partition coefficient (Wildman–Crippen LogP) is 3.09. The van der Waals surface area contributed by atoms with E-state index in [0.29, 0.717) is 17.7 Å². The Morgan fingerprint density at radius 3 is 2.47 bits per heavy atom. The van der Waals surface area contributed by atoms with Crippen molar-refractivity contribution in [3.05, 3.63) is 11.3 Å². The van der Waals surface area contributed by atoms with E-state index in [2.05, 4.69) is 37.9 Å². The van der Waals surface area contributed by atoms with Crippen molar-refractivity contribution in [1.29, 1.82) is 0 Å². The molecule has 0 spiro atoms. The Hall–Kier alpha value is -0.990. The van der Waals surface area contributed by atoms with Crippen molar-refractivity contribution in [2.45, 2.75) is 52.9 Å². The SMILES string of the molecule is CCCc1c(N)n[nH]c1C(CC)C(C)C. The van der Waals surface area contributed by atoms with Gasteiger partial charge in [0.25, 0.3) is 0 Å². The fourth-order valence-electron chi connectivity index (χ4n) is 2.22. The van der Waals surface area contributed by atoms with E-state index in [4.69, 9.17) is 5.73 Å². The van der Waals surface area contributed by atoms with E-state index in [1.165, 1.54) is 11.3 Å². The molecule has 0 aliphatic rings. The van der Waals surface area contributed by atoms with E-state index in [-0.39, 0.29) is 0 Å². The summed E-state index contributed by atoms with van der Waals surface area (Å²) in [5.74, 6) is 1.87. The molecule has 0 aromatic carbocycles. The molecule has 0 radical (unpaired) electrons. The third-order valence-electron chi connectivity index (χ3n) is 3.05. The summed E-state index contributed by atoms with van der Waals surface area (Å²) in [6.45, 7) is 8.89. The highest BCUT2D eigenvalue weighted by atomic mass is 15.2. The molecule has 0 fully saturated rings. The molecule has 1 atom stereocenters. The second kappa shape index (κ2) is 5.19. The quantitative estimate of drug-likeness (QED) is 0.783. The van der Waals surface area contributed by atoms with Crippen molar-refractivity contribution in [2.75, 3.05) is 5.73 Å². The van der Waals surface area contributed by atoms with Gasteiger partial charge < -0.3 is 5.73 Å². The van der Waals surface area contributed by atoms with E-state index >= 15 is 0 Å². The largest absolute Gasteiger partial charge is 0.382 e. The van der Waals surface area contributed by atoms with Gasteiger partial charge in [0.1, 0.15) is 5.82 Å². The van der Waals surface area contributed by atoms with Crippen LogP contribution < -0.4 is 5.73 Å². The zero-order chi connectivity index (χ0) is 11.4. The first kappa shape index (κ1) is 12.1. The zero-order valence-corrected chi connectivity index (χ0v) is 10.3. The monoisotopic (exact) mass is 209 g/mol. The van der Waals surface area contributed by atoms with Gasteiger partial charge in [-0.15, -0.1) is 0 Å². The molecule has 0 saturated carbocycles. The molecule has 0 bridgehead atoms. The fraction of sp³-hybridized carbons (Fsp3) is 0.750. The molecule has 1 heterocycles. The van der Waals surface area contributed by atoms with Gasteiger partial charge in [0.15, 0.2) is 0 Å². The topological polar surface area (TPSA) is 54.7 Å². The van der Waals surface area contributed by atoms with E-state index in [9.17, 15) is 0 Å². The number of aromatic amines is 1. The van der Waals surface area contributed by atoms with Crippen LogP contribution in [0.2, 0.25) is 0 Å². The first-order valence-corrected chi connectivity index (χ1v) is 5.94. The number of nitrogens with one attached hydrogen (secondary N) is 1. The number of nitrogens with zero attached hydrogens (tertiary/aromatic N) is 1. The molecule has 0 aliphatic carbocycles. The van der Waals surface area contributed by atoms with Gasteiger partial charge >= 0.3 is 0 Å². The number of rotatable bonds is 5. The molecule has 3 N–H and O–H groups in total. The Morgan fingerprint density at radius 2 is 2.00 bits per heavy atom. The average Bonchev–Trinajstić information content (AvgIpc) is 2.51. The van der Waals surface area contributed by atoms with Gasteiger partial charge in [-0.3, -0.25) is 5.10 Å². The number of nitrogen functional groups attached to an aromatic ring is 1. The van der Waals surface area contributed by atoms with Crippen molar-refractivity contribution < 1.29 is 0 Å². The molecule has 0 saturated heterocycles. The molecule has 0 amide bonds. The first-order valence-electron chi connectivity index (χ1n) is 5.94. The van der Waals surface area contributed by atoms with Crippen LogP contribution in [-0.2, 0) is 6.42 Å². The average molecular weight is 209 g/mol. The van der Waals surface area contributed by atoms with Crippen LogP contribution in [0.3, 0.4) is 0 Å². The number of aromatic nitrogens is 2. The van der Waals surface area contributed by atoms with Crippen LogP contribution in [-0.4, -0.2) is 10.2 Å². The van der Waals surface area contributed by atoms with E-state index in [0.717, 1.165) is 19.3 Å². The third kappa shape index (κ3) is 2.52. The summed E-state index contributed by atoms with van der Waals surface area (Å²) in [6.07, 6.45) is 3.28. The number of hydrogen-bond donors (Lipinski definition) is 2. The molecule has 0 aliphatic heterocycles. The summed E-state index contributed by atoms with van der Waals surface area (Å²) >= 11 is 0. The maximum atomic E-state index is 5.88. The highest BCUT2D eigenvalue weighted by Gasteiger charge is 2.20. The Labute approximate surface area is 92.5 Å². The summed E-state index contributed by atoms with van der Waals surface area (Å²) in [4.78, 5) is 0. The number of nitrogens with two attached hydrogens (primary N) is 1. The molecular weight excluding hydrogens is 186 g/mol. The minimum Gasteiger partial charge on any atom is -0.382 e. The van der Waals surface area contributed by atoms with Crippen LogP contribution in [0.5, 0.6) is 0 Å². The van der Waals surface area contributed by atoms with Crippen LogP contribution in [0.4, 0.5) is 5.82 Å². The van der Waals surface area contributed by atoms with E-state index in [1.54, 1.807) is 0 Å². The maximum absolute atomic E-state index is 5.88. The lowest BCUT2D eigenvalue weighted by molar-refractivity contribution is 0.471. The molecule has 1 aromatic heterocycles. The van der Waals surface area contributed by atoms with Crippen LogP contribution in [0.25, 0.3) is 0 Å². The zero-order valence-electron chi connectivity index (χ0n) is 10.3. The van der Waals surface area contributed by atoms with Gasteiger partial charge in [-0.25, -0.2) is 0 Å². The van der Waals surface area contributed by atoms with Crippen LogP contribution in [0, 0.1) is 5.92 Å². The van der Waals surface area contributed by atoms with E-state index in [1.807, 2.05) is 0 Å². The highest BCUT2D eigenvalue weighted by Crippen LogP contribution is 2.31. The van der Waals surface area contributed by atoms with Crippen molar-refractivity contribution in [3.8, 4) is 0 Å². The lowest BCUT2D eigenvalue weighted by Gasteiger charge is -2.19. The van der Waals surface area contributed by atoms with Crippen LogP contribution in [0.1, 0.15) is 57.7 Å². The number of hydrogen-bond acceptors (Lipinski definition) is 2. The first-order chi connectivity index (χ1) is 7.11. The molecule has 1 unspecified atom stereocenters. The van der Waals surface area contributed by atoms with Gasteiger partial charge in [-0.05, 0) is 18.8 Å². The molecule has 3 heteroatoms. The minimum atomic E-state index is 0.552. The normalized spacial score (nSPS) is 13.4. The lowest BCUT2D eigenvalue weighted by Crippen LogP contribution is -2.08. The number of anilines is 1. The Morgan fingerprint density at radius 1 is 1.33 bits per heavy atom. The van der Waals surface area contributed by atoms with Crippen molar-refractivity contribution in [1.82, 2.24) is 10.2 Å². The van der Waals surface area contributed by atoms with Gasteiger partial charge in [-0.2, -0.15) is 5.10 Å². The molecule has 15 heavy (non-hydrogen) atoms. The van der Waals surface area contributed by atoms with Gasteiger partial charge in [0.2, 0.25) is 0 Å². The number of H-pyrrole nitrogens is 1. The van der Waals surface area contributed by atoms with Crippen LogP contribution >= 0.6 is 0 Å². The van der Waals surface area contributed by atoms with Gasteiger partial charge in [-0.1, -0.05) is 34.1 Å². The fourth-order valence-corrected chi connectivity index (χ4v) is 2.22. The standard InChI is InChI=1S/C12H23N3/c1-5-7-10-11(14-15-12(10)13)9(6-2)8(3)4/h8-9H,5-7H2,1-4H3,(H3,13,14,15). The summed E-state index contributed by atoms with van der Waals surface area (Å²) in [7, 11) is 0. The predicted molar refractivity (Wildman–Crippen MR) is 64.9 cm³/mol. The second-order valence-corrected chi connectivity index (χ2v) is 4.51. The Kier molecular flexibility index (Phi) is 4.18. The van der Waals surface area contributed by atoms with Crippen molar-refractivity contribution in [2.24, 2.45) is 5.92 Å². The summed E-state index contributed by atoms with van der Waals surface area (Å²) in [5.41, 5.74) is 8.37.